The van der Waals surface area contributed by atoms with Crippen molar-refractivity contribution in [1.82, 2.24) is 19.8 Å². The van der Waals surface area contributed by atoms with Crippen LogP contribution < -0.4 is 16.1 Å². The fraction of sp³-hybridized carbons (Fsp3) is 0.150. The molecule has 0 aliphatic heterocycles. The third-order valence-corrected chi connectivity index (χ3v) is 5.39. The number of carbonyl (C=O) groups is 1. The van der Waals surface area contributed by atoms with Gasteiger partial charge in [0.15, 0.2) is 0 Å². The Hall–Kier alpha value is -3.41. The van der Waals surface area contributed by atoms with Gasteiger partial charge in [-0.25, -0.2) is 24.0 Å². The first-order valence-electron chi connectivity index (χ1n) is 9.07. The van der Waals surface area contributed by atoms with E-state index in [9.17, 15) is 13.4 Å². The van der Waals surface area contributed by atoms with Crippen LogP contribution in [0, 0.1) is 5.95 Å². The summed E-state index contributed by atoms with van der Waals surface area (Å²) in [6, 6.07) is 12.9. The highest BCUT2D eigenvalue weighted by molar-refractivity contribution is 7.82. The second kappa shape index (κ2) is 10.1. The third-order valence-electron chi connectivity index (χ3n) is 3.99. The summed E-state index contributed by atoms with van der Waals surface area (Å²) in [7, 11) is 3.30. The fourth-order valence-corrected chi connectivity index (χ4v) is 3.52. The van der Waals surface area contributed by atoms with E-state index in [0.717, 1.165) is 0 Å². The van der Waals surface area contributed by atoms with Crippen LogP contribution in [0.1, 0.15) is 10.4 Å². The number of hydrogen-bond acceptors (Lipinski definition) is 7. The quantitative estimate of drug-likeness (QED) is 0.362. The Balaban J connectivity index is 2.00. The molecule has 9 nitrogen and oxygen atoms in total. The number of nitrogens with one attached hydrogen (secondary N) is 3. The Morgan fingerprint density at radius 3 is 2.55 bits per heavy atom. The molecule has 1 atom stereocenters. The van der Waals surface area contributed by atoms with Gasteiger partial charge in [0.2, 0.25) is 5.95 Å². The Kier molecular flexibility index (Phi) is 7.23. The summed E-state index contributed by atoms with van der Waals surface area (Å²) in [5, 5.41) is 6.03. The van der Waals surface area contributed by atoms with Gasteiger partial charge in [0.05, 0.1) is 28.9 Å². The maximum Gasteiger partial charge on any atom is 0.278 e. The van der Waals surface area contributed by atoms with Crippen molar-refractivity contribution in [2.75, 3.05) is 31.8 Å². The van der Waals surface area contributed by atoms with Gasteiger partial charge in [0.1, 0.15) is 22.6 Å². The number of amides is 1. The van der Waals surface area contributed by atoms with Gasteiger partial charge in [-0.05, 0) is 38.4 Å². The van der Waals surface area contributed by atoms with E-state index < -0.39 is 22.8 Å². The van der Waals surface area contributed by atoms with Crippen LogP contribution in [0.25, 0.3) is 0 Å². The van der Waals surface area contributed by atoms with Gasteiger partial charge in [-0.2, -0.15) is 4.39 Å². The summed E-state index contributed by atoms with van der Waals surface area (Å²) < 4.78 is 27.6. The molecular formula is C20H21FN6O3S. The van der Waals surface area contributed by atoms with Crippen molar-refractivity contribution in [2.24, 2.45) is 0 Å². The van der Waals surface area contributed by atoms with Crippen molar-refractivity contribution in [3.63, 3.8) is 0 Å². The van der Waals surface area contributed by atoms with E-state index in [-0.39, 0.29) is 11.4 Å². The summed E-state index contributed by atoms with van der Waals surface area (Å²) in [5.74, 6) is -0.596. The number of pyridine rings is 2. The molecule has 1 amide bonds. The maximum atomic E-state index is 13.4. The lowest BCUT2D eigenvalue weighted by Gasteiger charge is -2.17. The predicted molar refractivity (Wildman–Crippen MR) is 116 cm³/mol. The molecule has 0 aliphatic carbocycles. The van der Waals surface area contributed by atoms with E-state index in [1.807, 2.05) is 0 Å². The van der Waals surface area contributed by atoms with Crippen LogP contribution in [0.3, 0.4) is 0 Å². The Morgan fingerprint density at radius 1 is 1.06 bits per heavy atom. The Labute approximate surface area is 181 Å². The van der Waals surface area contributed by atoms with E-state index in [4.69, 9.17) is 4.84 Å². The normalized spacial score (nSPS) is 11.8. The maximum absolute atomic E-state index is 13.4. The molecule has 3 rings (SSSR count). The van der Waals surface area contributed by atoms with Crippen molar-refractivity contribution in [1.29, 1.82) is 0 Å². The molecule has 1 unspecified atom stereocenters. The zero-order valence-electron chi connectivity index (χ0n) is 17.0. The van der Waals surface area contributed by atoms with Crippen LogP contribution in [-0.2, 0) is 15.8 Å². The van der Waals surface area contributed by atoms with E-state index in [1.54, 1.807) is 54.8 Å². The highest BCUT2D eigenvalue weighted by Crippen LogP contribution is 2.28. The van der Waals surface area contributed by atoms with Gasteiger partial charge < -0.3 is 10.6 Å². The number of rotatable bonds is 8. The smallest absolute Gasteiger partial charge is 0.278 e. The molecule has 11 heteroatoms. The number of aromatic nitrogens is 2. The minimum atomic E-state index is -1.42. The standard InChI is InChI=1S/C20H21FN6O3S/c1-27(2)31(29)16-8-5-4-7-14(16)23-15-11-19(22-12-13(15)20(28)26-30-3)25-18-10-6-9-17(21)24-18/h4-12H,1-3H3,(H,26,28)(H2,22,23,24,25). The Morgan fingerprint density at radius 2 is 1.84 bits per heavy atom. The van der Waals surface area contributed by atoms with Gasteiger partial charge in [-0.1, -0.05) is 18.2 Å². The predicted octanol–water partition coefficient (Wildman–Crippen LogP) is 2.98. The second-order valence-corrected chi connectivity index (χ2v) is 8.07. The summed E-state index contributed by atoms with van der Waals surface area (Å²) in [6.45, 7) is 0. The summed E-state index contributed by atoms with van der Waals surface area (Å²) in [6.07, 6.45) is 1.34. The summed E-state index contributed by atoms with van der Waals surface area (Å²) >= 11 is 0. The van der Waals surface area contributed by atoms with Crippen molar-refractivity contribution >= 4 is 39.9 Å². The number of carbonyl (C=O) groups excluding carboxylic acids is 1. The molecule has 162 valence electrons. The van der Waals surface area contributed by atoms with Crippen molar-refractivity contribution in [3.05, 3.63) is 66.2 Å². The topological polar surface area (TPSA) is 108 Å². The van der Waals surface area contributed by atoms with E-state index in [0.29, 0.717) is 22.1 Å². The molecule has 2 heterocycles. The van der Waals surface area contributed by atoms with Gasteiger partial charge in [-0.15, -0.1) is 0 Å². The SMILES string of the molecule is CONC(=O)c1cnc(Nc2cccc(F)n2)cc1Nc1ccccc1S(=O)N(C)C. The molecular weight excluding hydrogens is 423 g/mol. The average Bonchev–Trinajstić information content (AvgIpc) is 2.74. The molecule has 0 bridgehead atoms. The molecule has 3 aromatic rings. The molecule has 0 radical (unpaired) electrons. The number of benzene rings is 1. The van der Waals surface area contributed by atoms with Crippen LogP contribution in [0.2, 0.25) is 0 Å². The second-order valence-electron chi connectivity index (χ2n) is 6.40. The first-order chi connectivity index (χ1) is 14.9. The van der Waals surface area contributed by atoms with Crippen LogP contribution in [-0.4, -0.2) is 45.6 Å². The molecule has 0 spiro atoms. The van der Waals surface area contributed by atoms with Crippen molar-refractivity contribution < 1.29 is 18.2 Å². The minimum Gasteiger partial charge on any atom is -0.354 e. The van der Waals surface area contributed by atoms with Crippen LogP contribution in [0.4, 0.5) is 27.4 Å². The highest BCUT2D eigenvalue weighted by atomic mass is 32.2. The van der Waals surface area contributed by atoms with Gasteiger partial charge >= 0.3 is 0 Å². The molecule has 2 aromatic heterocycles. The van der Waals surface area contributed by atoms with E-state index in [1.165, 1.54) is 25.4 Å². The van der Waals surface area contributed by atoms with E-state index >= 15 is 0 Å². The number of hydroxylamine groups is 1. The molecule has 3 N–H and O–H groups in total. The van der Waals surface area contributed by atoms with E-state index in [2.05, 4.69) is 26.1 Å². The minimum absolute atomic E-state index is 0.185. The fourth-order valence-electron chi connectivity index (χ4n) is 2.63. The summed E-state index contributed by atoms with van der Waals surface area (Å²) in [5.41, 5.74) is 3.35. The third kappa shape index (κ3) is 5.60. The first kappa shape index (κ1) is 22.3. The monoisotopic (exact) mass is 444 g/mol. The van der Waals surface area contributed by atoms with Gasteiger partial charge in [0.25, 0.3) is 5.91 Å². The van der Waals surface area contributed by atoms with Crippen LogP contribution in [0.15, 0.2) is 59.6 Å². The lowest BCUT2D eigenvalue weighted by atomic mass is 10.2. The lowest BCUT2D eigenvalue weighted by molar-refractivity contribution is 0.0538. The van der Waals surface area contributed by atoms with Crippen LogP contribution >= 0.6 is 0 Å². The zero-order chi connectivity index (χ0) is 22.4. The van der Waals surface area contributed by atoms with Crippen LogP contribution in [0.5, 0.6) is 0 Å². The number of nitrogens with zero attached hydrogens (tertiary/aromatic N) is 3. The molecule has 31 heavy (non-hydrogen) atoms. The largest absolute Gasteiger partial charge is 0.354 e. The van der Waals surface area contributed by atoms with Crippen molar-refractivity contribution in [3.8, 4) is 0 Å². The summed E-state index contributed by atoms with van der Waals surface area (Å²) in [4.78, 5) is 25.6. The molecule has 0 aliphatic rings. The molecule has 1 aromatic carbocycles. The number of halogens is 1. The lowest BCUT2D eigenvalue weighted by Crippen LogP contribution is -2.23. The molecule has 0 saturated heterocycles. The average molecular weight is 444 g/mol. The Bertz CT molecular complexity index is 1110. The number of anilines is 4. The first-order valence-corrected chi connectivity index (χ1v) is 10.2. The highest BCUT2D eigenvalue weighted by Gasteiger charge is 2.17. The number of hydrogen-bond donors (Lipinski definition) is 3. The van der Waals surface area contributed by atoms with Crippen molar-refractivity contribution in [2.45, 2.75) is 4.90 Å². The van der Waals surface area contributed by atoms with Gasteiger partial charge in [-0.3, -0.25) is 9.63 Å². The van der Waals surface area contributed by atoms with Gasteiger partial charge in [0, 0.05) is 12.3 Å². The number of para-hydroxylation sites is 1. The molecule has 0 saturated carbocycles. The molecule has 0 fully saturated rings. The zero-order valence-corrected chi connectivity index (χ0v) is 17.9.